The van der Waals surface area contributed by atoms with Crippen LogP contribution in [0.2, 0.25) is 0 Å². The molecule has 1 aromatic carbocycles. The maximum Gasteiger partial charge on any atom is 0.573 e. The van der Waals surface area contributed by atoms with Crippen molar-refractivity contribution in [1.29, 1.82) is 0 Å². The van der Waals surface area contributed by atoms with E-state index in [9.17, 15) is 22.4 Å². The van der Waals surface area contributed by atoms with Crippen LogP contribution in [0.15, 0.2) is 41.3 Å². The van der Waals surface area contributed by atoms with Crippen LogP contribution in [0.5, 0.6) is 5.75 Å². The van der Waals surface area contributed by atoms with Gasteiger partial charge in [0.05, 0.1) is 7.11 Å². The molecule has 1 heterocycles. The number of alkyl halides is 3. The molecule has 1 saturated heterocycles. The summed E-state index contributed by atoms with van der Waals surface area (Å²) in [5, 5.41) is 0. The Morgan fingerprint density at radius 2 is 1.93 bits per heavy atom. The van der Waals surface area contributed by atoms with E-state index in [-0.39, 0.29) is 11.5 Å². The zero-order valence-corrected chi connectivity index (χ0v) is 17.2. The van der Waals surface area contributed by atoms with E-state index < -0.39 is 23.8 Å². The number of allylic oxidation sites excluding steroid dienone is 3. The van der Waals surface area contributed by atoms with E-state index in [0.717, 1.165) is 30.2 Å². The van der Waals surface area contributed by atoms with E-state index in [0.29, 0.717) is 31.8 Å². The van der Waals surface area contributed by atoms with Crippen LogP contribution in [0.3, 0.4) is 0 Å². The van der Waals surface area contributed by atoms with Crippen LogP contribution in [0.1, 0.15) is 43.5 Å². The first kappa shape index (κ1) is 23.6. The quantitative estimate of drug-likeness (QED) is 0.402. The average Bonchev–Trinajstić information content (AvgIpc) is 2.71. The van der Waals surface area contributed by atoms with Crippen molar-refractivity contribution < 1.29 is 31.8 Å². The summed E-state index contributed by atoms with van der Waals surface area (Å²) >= 11 is 0. The molecule has 0 bridgehead atoms. The number of benzene rings is 1. The van der Waals surface area contributed by atoms with Crippen LogP contribution < -0.4 is 10.5 Å². The number of amides is 1. The number of carbonyl (C=O) groups excluding carboxylic acids is 1. The number of piperidine rings is 1. The molecule has 166 valence electrons. The predicted octanol–water partition coefficient (Wildman–Crippen LogP) is 4.75. The van der Waals surface area contributed by atoms with E-state index in [4.69, 9.17) is 10.5 Å². The largest absolute Gasteiger partial charge is 0.573 e. The second-order valence-corrected chi connectivity index (χ2v) is 7.10. The monoisotopic (exact) mass is 430 g/mol. The van der Waals surface area contributed by atoms with Crippen molar-refractivity contribution >= 4 is 5.91 Å². The first-order valence-corrected chi connectivity index (χ1v) is 9.61. The molecule has 2 N–H and O–H groups in total. The van der Waals surface area contributed by atoms with Gasteiger partial charge in [0, 0.05) is 24.7 Å². The van der Waals surface area contributed by atoms with E-state index >= 15 is 0 Å². The Balaban J connectivity index is 2.09. The number of likely N-dealkylation sites (tertiary alicyclic amines) is 1. The van der Waals surface area contributed by atoms with Gasteiger partial charge in [0.1, 0.15) is 0 Å². The molecule has 0 aromatic heterocycles. The van der Waals surface area contributed by atoms with Crippen molar-refractivity contribution in [3.05, 3.63) is 52.7 Å². The summed E-state index contributed by atoms with van der Waals surface area (Å²) in [6, 6.07) is 2.71. The lowest BCUT2D eigenvalue weighted by atomic mass is 9.85. The van der Waals surface area contributed by atoms with E-state index in [1.807, 2.05) is 19.9 Å². The van der Waals surface area contributed by atoms with Gasteiger partial charge in [-0.05, 0) is 55.9 Å². The fourth-order valence-electron chi connectivity index (χ4n) is 3.42. The maximum absolute atomic E-state index is 13.9. The molecule has 0 atom stereocenters. The Labute approximate surface area is 173 Å². The number of halogens is 4. The van der Waals surface area contributed by atoms with Gasteiger partial charge in [0.15, 0.2) is 17.4 Å². The summed E-state index contributed by atoms with van der Waals surface area (Å²) in [7, 11) is 1.50. The first-order valence-electron chi connectivity index (χ1n) is 9.61. The Bertz CT molecular complexity index is 826. The number of hydrogen-bond acceptors (Lipinski definition) is 4. The van der Waals surface area contributed by atoms with Crippen LogP contribution in [0.25, 0.3) is 0 Å². The molecule has 30 heavy (non-hydrogen) atoms. The van der Waals surface area contributed by atoms with Crippen LogP contribution in [-0.4, -0.2) is 37.4 Å². The number of hydrogen-bond donors (Lipinski definition) is 1. The summed E-state index contributed by atoms with van der Waals surface area (Å²) in [6.45, 7) is 4.95. The molecule has 1 aliphatic heterocycles. The molecule has 0 radical (unpaired) electrons. The lowest BCUT2D eigenvalue weighted by molar-refractivity contribution is -0.275. The highest BCUT2D eigenvalue weighted by molar-refractivity contribution is 5.94. The summed E-state index contributed by atoms with van der Waals surface area (Å²) in [6.07, 6.45) is -0.965. The van der Waals surface area contributed by atoms with Crippen molar-refractivity contribution in [3.8, 4) is 5.75 Å². The van der Waals surface area contributed by atoms with Gasteiger partial charge in [-0.1, -0.05) is 12.5 Å². The highest BCUT2D eigenvalue weighted by atomic mass is 19.4. The molecule has 2 rings (SSSR count). The second-order valence-electron chi connectivity index (χ2n) is 7.10. The molecular formula is C21H26F4N2O3. The minimum absolute atomic E-state index is 0.0236. The second kappa shape index (κ2) is 9.86. The standard InChI is InChI=1S/C21H26F4N2O3/c1-4-13(2)16(12-19(26)29-3)14-7-9-27(10-8-14)20(28)15-5-6-18(17(22)11-15)30-21(23,24)25/h5-6,11-12,14H,4,7-10,26H2,1-3H3/b16-13?,19-12-. The molecule has 0 saturated carbocycles. The Kier molecular flexibility index (Phi) is 7.75. The fraction of sp³-hybridized carbons (Fsp3) is 0.476. The van der Waals surface area contributed by atoms with E-state index in [1.165, 1.54) is 12.7 Å². The Hall–Kier alpha value is -2.71. The summed E-state index contributed by atoms with van der Waals surface area (Å²) in [5.41, 5.74) is 8.06. The minimum atomic E-state index is -5.00. The van der Waals surface area contributed by atoms with Crippen molar-refractivity contribution in [2.75, 3.05) is 20.2 Å². The van der Waals surface area contributed by atoms with Gasteiger partial charge in [-0.25, -0.2) is 4.39 Å². The molecule has 1 fully saturated rings. The third-order valence-corrected chi connectivity index (χ3v) is 5.18. The smallest absolute Gasteiger partial charge is 0.483 e. The topological polar surface area (TPSA) is 64.8 Å². The summed E-state index contributed by atoms with van der Waals surface area (Å²) in [4.78, 5) is 14.2. The van der Waals surface area contributed by atoms with Crippen molar-refractivity contribution in [2.45, 2.75) is 39.5 Å². The molecule has 1 aromatic rings. The lowest BCUT2D eigenvalue weighted by Gasteiger charge is -2.33. The average molecular weight is 430 g/mol. The lowest BCUT2D eigenvalue weighted by Crippen LogP contribution is -2.39. The number of nitrogens with two attached hydrogens (primary N) is 1. The maximum atomic E-state index is 13.9. The van der Waals surface area contributed by atoms with E-state index in [1.54, 1.807) is 4.90 Å². The third-order valence-electron chi connectivity index (χ3n) is 5.18. The van der Waals surface area contributed by atoms with Gasteiger partial charge in [-0.3, -0.25) is 4.79 Å². The SMILES string of the molecule is CCC(C)=C(/C=C(/N)OC)C1CCN(C(=O)c2ccc(OC(F)(F)F)c(F)c2)CC1. The fourth-order valence-corrected chi connectivity index (χ4v) is 3.42. The number of carbonyl (C=O) groups is 1. The van der Waals surface area contributed by atoms with Gasteiger partial charge < -0.3 is 20.1 Å². The minimum Gasteiger partial charge on any atom is -0.483 e. The van der Waals surface area contributed by atoms with Crippen molar-refractivity contribution in [1.82, 2.24) is 4.90 Å². The van der Waals surface area contributed by atoms with Crippen LogP contribution in [0, 0.1) is 11.7 Å². The summed E-state index contributed by atoms with van der Waals surface area (Å²) < 4.78 is 59.4. The van der Waals surface area contributed by atoms with E-state index in [2.05, 4.69) is 4.74 Å². The Morgan fingerprint density at radius 3 is 2.43 bits per heavy atom. The van der Waals surface area contributed by atoms with Crippen LogP contribution in [0.4, 0.5) is 17.6 Å². The van der Waals surface area contributed by atoms with Crippen molar-refractivity contribution in [3.63, 3.8) is 0 Å². The first-order chi connectivity index (χ1) is 14.1. The zero-order valence-electron chi connectivity index (χ0n) is 17.2. The molecule has 0 unspecified atom stereocenters. The van der Waals surface area contributed by atoms with Gasteiger partial charge in [0.25, 0.3) is 5.91 Å². The molecule has 5 nitrogen and oxygen atoms in total. The predicted molar refractivity (Wildman–Crippen MR) is 104 cm³/mol. The molecular weight excluding hydrogens is 404 g/mol. The van der Waals surface area contributed by atoms with Crippen LogP contribution in [-0.2, 0) is 4.74 Å². The highest BCUT2D eigenvalue weighted by Gasteiger charge is 2.33. The molecule has 0 spiro atoms. The molecule has 0 aliphatic carbocycles. The molecule has 1 aliphatic rings. The third kappa shape index (κ3) is 6.14. The Morgan fingerprint density at radius 1 is 1.30 bits per heavy atom. The zero-order chi connectivity index (χ0) is 22.5. The number of ether oxygens (including phenoxy) is 2. The summed E-state index contributed by atoms with van der Waals surface area (Å²) in [5.74, 6) is -2.13. The molecule has 1 amide bonds. The van der Waals surface area contributed by atoms with Gasteiger partial charge in [-0.2, -0.15) is 0 Å². The van der Waals surface area contributed by atoms with Crippen LogP contribution >= 0.6 is 0 Å². The molecule has 9 heteroatoms. The van der Waals surface area contributed by atoms with Gasteiger partial charge in [0.2, 0.25) is 0 Å². The highest BCUT2D eigenvalue weighted by Crippen LogP contribution is 2.31. The normalized spacial score (nSPS) is 16.9. The van der Waals surface area contributed by atoms with Gasteiger partial charge >= 0.3 is 6.36 Å². The number of nitrogens with zero attached hydrogens (tertiary/aromatic N) is 1. The van der Waals surface area contributed by atoms with Gasteiger partial charge in [-0.15, -0.1) is 13.2 Å². The number of rotatable bonds is 6. The van der Waals surface area contributed by atoms with Crippen molar-refractivity contribution in [2.24, 2.45) is 11.7 Å². The number of methoxy groups -OCH3 is 1.